The molecule has 0 aliphatic carbocycles. The summed E-state index contributed by atoms with van der Waals surface area (Å²) in [5.41, 5.74) is 0. The fraction of sp³-hybridized carbons (Fsp3) is 0.714. The van der Waals surface area contributed by atoms with Crippen molar-refractivity contribution >= 4 is 10.0 Å². The fourth-order valence-corrected chi connectivity index (χ4v) is 2.01. The van der Waals surface area contributed by atoms with Gasteiger partial charge in [-0.1, -0.05) is 6.92 Å². The number of aromatic nitrogens is 3. The van der Waals surface area contributed by atoms with Crippen LogP contribution in [-0.4, -0.2) is 28.9 Å². The number of hydrogen-bond donors (Lipinski definition) is 1. The third-order valence-electron chi connectivity index (χ3n) is 1.73. The Morgan fingerprint density at radius 1 is 1.57 bits per heavy atom. The number of nitrogens with one attached hydrogen (secondary N) is 1. The molecule has 80 valence electrons. The summed E-state index contributed by atoms with van der Waals surface area (Å²) < 4.78 is 26.7. The van der Waals surface area contributed by atoms with E-state index < -0.39 is 10.0 Å². The lowest BCUT2D eigenvalue weighted by atomic mass is 10.6. The summed E-state index contributed by atoms with van der Waals surface area (Å²) >= 11 is 0. The van der Waals surface area contributed by atoms with Crippen LogP contribution in [0.2, 0.25) is 0 Å². The fourth-order valence-electron chi connectivity index (χ4n) is 0.983. The van der Waals surface area contributed by atoms with Crippen LogP contribution < -0.4 is 4.72 Å². The van der Waals surface area contributed by atoms with Crippen molar-refractivity contribution in [3.05, 3.63) is 12.2 Å². The van der Waals surface area contributed by atoms with Gasteiger partial charge in [-0.15, -0.1) is 10.2 Å². The molecule has 0 bridgehead atoms. The summed E-state index contributed by atoms with van der Waals surface area (Å²) in [6.45, 7) is 2.01. The van der Waals surface area contributed by atoms with Crippen LogP contribution in [0.4, 0.5) is 0 Å². The summed E-state index contributed by atoms with van der Waals surface area (Å²) in [6, 6.07) is 0. The monoisotopic (exact) mass is 218 g/mol. The van der Waals surface area contributed by atoms with E-state index in [0.29, 0.717) is 12.2 Å². The first kappa shape index (κ1) is 11.1. The molecule has 0 atom stereocenters. The molecular weight excluding hydrogens is 204 g/mol. The lowest BCUT2D eigenvalue weighted by molar-refractivity contribution is 0.576. The highest BCUT2D eigenvalue weighted by atomic mass is 32.2. The number of sulfonamides is 1. The molecule has 0 unspecified atom stereocenters. The third kappa shape index (κ3) is 3.08. The first-order valence-electron chi connectivity index (χ1n) is 4.35. The average Bonchev–Trinajstić information content (AvgIpc) is 2.48. The minimum Gasteiger partial charge on any atom is -0.320 e. The van der Waals surface area contributed by atoms with Gasteiger partial charge in [0.25, 0.3) is 0 Å². The van der Waals surface area contributed by atoms with E-state index in [1.165, 1.54) is 6.33 Å². The molecule has 7 heteroatoms. The number of aryl methyl sites for hydroxylation is 1. The van der Waals surface area contributed by atoms with Crippen LogP contribution in [0.1, 0.15) is 19.2 Å². The highest BCUT2D eigenvalue weighted by molar-refractivity contribution is 7.89. The molecule has 0 aromatic carbocycles. The molecule has 0 saturated heterocycles. The van der Waals surface area contributed by atoms with Crippen LogP contribution in [0.5, 0.6) is 0 Å². The van der Waals surface area contributed by atoms with Gasteiger partial charge in [-0.05, 0) is 6.42 Å². The molecule has 0 amide bonds. The lowest BCUT2D eigenvalue weighted by Crippen LogP contribution is -2.26. The van der Waals surface area contributed by atoms with E-state index in [9.17, 15) is 8.42 Å². The minimum atomic E-state index is -3.16. The van der Waals surface area contributed by atoms with Gasteiger partial charge in [-0.3, -0.25) is 0 Å². The van der Waals surface area contributed by atoms with Crippen molar-refractivity contribution in [2.45, 2.75) is 19.9 Å². The number of hydrogen-bond acceptors (Lipinski definition) is 4. The molecule has 0 fully saturated rings. The molecule has 6 nitrogen and oxygen atoms in total. The second-order valence-electron chi connectivity index (χ2n) is 3.00. The molecular formula is C7H14N4O2S. The maximum atomic E-state index is 11.3. The van der Waals surface area contributed by atoms with Crippen molar-refractivity contribution in [1.29, 1.82) is 0 Å². The van der Waals surface area contributed by atoms with Gasteiger partial charge in [0.05, 0.1) is 12.3 Å². The molecule has 0 aliphatic heterocycles. The Morgan fingerprint density at radius 3 is 2.79 bits per heavy atom. The molecule has 0 spiro atoms. The lowest BCUT2D eigenvalue weighted by Gasteiger charge is -2.04. The molecule has 1 rings (SSSR count). The highest BCUT2D eigenvalue weighted by Crippen LogP contribution is 1.94. The quantitative estimate of drug-likeness (QED) is 0.732. The SMILES string of the molecule is CCCS(=O)(=O)NCc1nncn1C. The predicted molar refractivity (Wildman–Crippen MR) is 51.9 cm³/mol. The van der Waals surface area contributed by atoms with E-state index in [-0.39, 0.29) is 12.3 Å². The molecule has 0 saturated carbocycles. The molecule has 0 radical (unpaired) electrons. The largest absolute Gasteiger partial charge is 0.320 e. The summed E-state index contributed by atoms with van der Waals surface area (Å²) in [6.07, 6.45) is 2.14. The highest BCUT2D eigenvalue weighted by Gasteiger charge is 2.09. The van der Waals surface area contributed by atoms with Crippen LogP contribution in [0, 0.1) is 0 Å². The van der Waals surface area contributed by atoms with Gasteiger partial charge in [0, 0.05) is 7.05 Å². The van der Waals surface area contributed by atoms with E-state index in [2.05, 4.69) is 14.9 Å². The topological polar surface area (TPSA) is 76.9 Å². The second kappa shape index (κ2) is 4.52. The smallest absolute Gasteiger partial charge is 0.211 e. The Hall–Kier alpha value is -0.950. The second-order valence-corrected chi connectivity index (χ2v) is 4.92. The van der Waals surface area contributed by atoms with Crippen LogP contribution in [0.25, 0.3) is 0 Å². The number of rotatable bonds is 5. The van der Waals surface area contributed by atoms with Crippen molar-refractivity contribution in [2.24, 2.45) is 7.05 Å². The molecule has 1 aromatic rings. The zero-order valence-corrected chi connectivity index (χ0v) is 9.08. The Labute approximate surface area is 83.4 Å². The Balaban J connectivity index is 2.53. The van der Waals surface area contributed by atoms with Gasteiger partial charge in [0.15, 0.2) is 0 Å². The first-order valence-corrected chi connectivity index (χ1v) is 6.00. The zero-order valence-electron chi connectivity index (χ0n) is 8.27. The molecule has 1 N–H and O–H groups in total. The molecule has 1 aromatic heterocycles. The standard InChI is InChI=1S/C7H14N4O2S/c1-3-4-14(12,13)9-5-7-10-8-6-11(7)2/h6,9H,3-5H2,1-2H3. The minimum absolute atomic E-state index is 0.144. The van der Waals surface area contributed by atoms with E-state index in [0.717, 1.165) is 0 Å². The van der Waals surface area contributed by atoms with Crippen molar-refractivity contribution in [3.63, 3.8) is 0 Å². The average molecular weight is 218 g/mol. The molecule has 14 heavy (non-hydrogen) atoms. The first-order chi connectivity index (χ1) is 6.55. The van der Waals surface area contributed by atoms with Crippen LogP contribution in [0.3, 0.4) is 0 Å². The number of nitrogens with zero attached hydrogens (tertiary/aromatic N) is 3. The van der Waals surface area contributed by atoms with E-state index in [1.54, 1.807) is 11.6 Å². The van der Waals surface area contributed by atoms with Crippen LogP contribution >= 0.6 is 0 Å². The Bertz CT molecular complexity index is 384. The summed E-state index contributed by atoms with van der Waals surface area (Å²) in [4.78, 5) is 0. The Morgan fingerprint density at radius 2 is 2.29 bits per heavy atom. The van der Waals surface area contributed by atoms with Crippen molar-refractivity contribution in [3.8, 4) is 0 Å². The molecule has 1 heterocycles. The van der Waals surface area contributed by atoms with Crippen LogP contribution in [0.15, 0.2) is 6.33 Å². The maximum Gasteiger partial charge on any atom is 0.211 e. The zero-order chi connectivity index (χ0) is 10.6. The van der Waals surface area contributed by atoms with Crippen molar-refractivity contribution < 1.29 is 8.42 Å². The maximum absolute atomic E-state index is 11.3. The van der Waals surface area contributed by atoms with Gasteiger partial charge in [0.2, 0.25) is 10.0 Å². The summed E-state index contributed by atoms with van der Waals surface area (Å²) in [5, 5.41) is 7.41. The summed E-state index contributed by atoms with van der Waals surface area (Å²) in [5.74, 6) is 0.745. The summed E-state index contributed by atoms with van der Waals surface area (Å²) in [7, 11) is -1.39. The normalized spacial score (nSPS) is 11.9. The van der Waals surface area contributed by atoms with Gasteiger partial charge in [0.1, 0.15) is 12.2 Å². The van der Waals surface area contributed by atoms with Gasteiger partial charge >= 0.3 is 0 Å². The van der Waals surface area contributed by atoms with E-state index in [1.807, 2.05) is 6.92 Å². The van der Waals surface area contributed by atoms with Gasteiger partial charge < -0.3 is 4.57 Å². The predicted octanol–water partition coefficient (Wildman–Crippen LogP) is -0.356. The van der Waals surface area contributed by atoms with Crippen molar-refractivity contribution in [2.75, 3.05) is 5.75 Å². The van der Waals surface area contributed by atoms with Gasteiger partial charge in [-0.2, -0.15) is 0 Å². The molecule has 0 aliphatic rings. The van der Waals surface area contributed by atoms with Crippen LogP contribution in [-0.2, 0) is 23.6 Å². The van der Waals surface area contributed by atoms with Crippen molar-refractivity contribution in [1.82, 2.24) is 19.5 Å². The Kier molecular flexibility index (Phi) is 3.59. The van der Waals surface area contributed by atoms with E-state index >= 15 is 0 Å². The van der Waals surface area contributed by atoms with Gasteiger partial charge in [-0.25, -0.2) is 13.1 Å². The van der Waals surface area contributed by atoms with E-state index in [4.69, 9.17) is 0 Å². The third-order valence-corrected chi connectivity index (χ3v) is 3.26.